The van der Waals surface area contributed by atoms with E-state index in [2.05, 4.69) is 25.6 Å². The van der Waals surface area contributed by atoms with Crippen LogP contribution in [0.2, 0.25) is 0 Å². The first-order valence-electron chi connectivity index (χ1n) is 3.02. The highest BCUT2D eigenvalue weighted by Gasteiger charge is 2.04. The molecule has 0 aromatic heterocycles. The standard InChI is InChI=1S/C8H13N/c1-7(9-5)6-8(2,3)4/h6H,1-4H3/b7-6-. The van der Waals surface area contributed by atoms with E-state index in [0.717, 1.165) is 5.70 Å². The van der Waals surface area contributed by atoms with E-state index in [1.165, 1.54) is 0 Å². The van der Waals surface area contributed by atoms with Gasteiger partial charge in [-0.05, 0) is 12.3 Å². The van der Waals surface area contributed by atoms with Crippen molar-refractivity contribution in [3.63, 3.8) is 0 Å². The molecule has 50 valence electrons. The molecule has 0 aliphatic rings. The molecule has 0 saturated carbocycles. The molecule has 1 nitrogen and oxygen atoms in total. The Morgan fingerprint density at radius 1 is 1.44 bits per heavy atom. The zero-order valence-corrected chi connectivity index (χ0v) is 6.52. The molecule has 0 heterocycles. The molecule has 0 unspecified atom stereocenters. The minimum atomic E-state index is 0.147. The van der Waals surface area contributed by atoms with Crippen LogP contribution in [0.3, 0.4) is 0 Å². The fraction of sp³-hybridized carbons (Fsp3) is 0.625. The Morgan fingerprint density at radius 2 is 1.89 bits per heavy atom. The molecule has 0 bridgehead atoms. The van der Waals surface area contributed by atoms with Crippen molar-refractivity contribution < 1.29 is 0 Å². The quantitative estimate of drug-likeness (QED) is 0.436. The molecule has 0 saturated heterocycles. The zero-order valence-electron chi connectivity index (χ0n) is 6.52. The van der Waals surface area contributed by atoms with Crippen molar-refractivity contribution >= 4 is 0 Å². The highest BCUT2D eigenvalue weighted by molar-refractivity contribution is 5.10. The van der Waals surface area contributed by atoms with Crippen LogP contribution in [-0.4, -0.2) is 0 Å². The lowest BCUT2D eigenvalue weighted by Crippen LogP contribution is -1.99. The summed E-state index contributed by atoms with van der Waals surface area (Å²) in [5.41, 5.74) is 0.928. The topological polar surface area (TPSA) is 4.36 Å². The van der Waals surface area contributed by atoms with E-state index >= 15 is 0 Å². The summed E-state index contributed by atoms with van der Waals surface area (Å²) in [7, 11) is 0. The first-order valence-corrected chi connectivity index (χ1v) is 3.02. The number of nitrogens with zero attached hydrogens (tertiary/aromatic N) is 1. The summed E-state index contributed by atoms with van der Waals surface area (Å²) in [5.74, 6) is 0. The normalized spacial score (nSPS) is 13.0. The second kappa shape index (κ2) is 2.68. The summed E-state index contributed by atoms with van der Waals surface area (Å²) >= 11 is 0. The van der Waals surface area contributed by atoms with Crippen molar-refractivity contribution in [3.8, 4) is 0 Å². The van der Waals surface area contributed by atoms with Crippen molar-refractivity contribution in [2.24, 2.45) is 5.41 Å². The van der Waals surface area contributed by atoms with Gasteiger partial charge in [0.25, 0.3) is 0 Å². The molecule has 0 amide bonds. The van der Waals surface area contributed by atoms with Gasteiger partial charge in [-0.3, -0.25) is 0 Å². The van der Waals surface area contributed by atoms with Crippen LogP contribution in [0.5, 0.6) is 0 Å². The molecule has 0 aliphatic heterocycles. The lowest BCUT2D eigenvalue weighted by atomic mass is 9.96. The number of rotatable bonds is 0. The summed E-state index contributed by atoms with van der Waals surface area (Å²) in [5, 5.41) is 0. The van der Waals surface area contributed by atoms with Gasteiger partial charge in [0, 0.05) is 0 Å². The minimum Gasteiger partial charge on any atom is -0.243 e. The van der Waals surface area contributed by atoms with Crippen molar-refractivity contribution in [1.82, 2.24) is 0 Å². The minimum absolute atomic E-state index is 0.147. The summed E-state index contributed by atoms with van der Waals surface area (Å²) in [6, 6.07) is 0. The predicted octanol–water partition coefficient (Wildman–Crippen LogP) is 2.86. The summed E-state index contributed by atoms with van der Waals surface area (Å²) in [4.78, 5) is 3.28. The van der Waals surface area contributed by atoms with Gasteiger partial charge in [0.05, 0.1) is 6.57 Å². The van der Waals surface area contributed by atoms with Crippen molar-refractivity contribution in [1.29, 1.82) is 0 Å². The molecule has 0 aromatic rings. The van der Waals surface area contributed by atoms with Crippen LogP contribution in [-0.2, 0) is 0 Å². The number of hydrogen-bond donors (Lipinski definition) is 0. The second-order valence-electron chi connectivity index (χ2n) is 3.26. The second-order valence-corrected chi connectivity index (χ2v) is 3.26. The van der Waals surface area contributed by atoms with E-state index in [4.69, 9.17) is 6.57 Å². The van der Waals surface area contributed by atoms with Gasteiger partial charge < -0.3 is 0 Å². The van der Waals surface area contributed by atoms with E-state index in [1.54, 1.807) is 0 Å². The fourth-order valence-corrected chi connectivity index (χ4v) is 0.659. The molecule has 9 heavy (non-hydrogen) atoms. The lowest BCUT2D eigenvalue weighted by Gasteiger charge is -2.11. The van der Waals surface area contributed by atoms with Gasteiger partial charge in [-0.2, -0.15) is 0 Å². The summed E-state index contributed by atoms with van der Waals surface area (Å²) < 4.78 is 0. The smallest absolute Gasteiger partial charge is 0.159 e. The maximum absolute atomic E-state index is 6.65. The van der Waals surface area contributed by atoms with Crippen LogP contribution in [0.4, 0.5) is 0 Å². The molecule has 0 spiro atoms. The molecule has 0 fully saturated rings. The number of hydrogen-bond acceptors (Lipinski definition) is 0. The van der Waals surface area contributed by atoms with Gasteiger partial charge in [0.15, 0.2) is 5.70 Å². The van der Waals surface area contributed by atoms with Crippen LogP contribution in [0.15, 0.2) is 11.8 Å². The Balaban J connectivity index is 4.17. The Labute approximate surface area is 57.2 Å². The van der Waals surface area contributed by atoms with Gasteiger partial charge in [0.2, 0.25) is 0 Å². The number of allylic oxidation sites excluding steroid dienone is 2. The first-order chi connectivity index (χ1) is 3.95. The maximum atomic E-state index is 6.65. The van der Waals surface area contributed by atoms with Gasteiger partial charge >= 0.3 is 0 Å². The van der Waals surface area contributed by atoms with Crippen LogP contribution in [0.1, 0.15) is 27.7 Å². The molecule has 1 heteroatoms. The van der Waals surface area contributed by atoms with Crippen LogP contribution >= 0.6 is 0 Å². The average Bonchev–Trinajstić information content (AvgIpc) is 1.62. The molecular formula is C8H13N. The largest absolute Gasteiger partial charge is 0.243 e. The molecule has 0 radical (unpaired) electrons. The van der Waals surface area contributed by atoms with E-state index in [1.807, 2.05) is 13.0 Å². The Hall–Kier alpha value is -0.770. The van der Waals surface area contributed by atoms with Crippen molar-refractivity contribution in [2.45, 2.75) is 27.7 Å². The SMILES string of the molecule is [C-]#[N+]/C(C)=C\C(C)(C)C. The molecule has 0 atom stereocenters. The third kappa shape index (κ3) is 5.10. The molecule has 0 rings (SSSR count). The molecule has 0 aromatic carbocycles. The van der Waals surface area contributed by atoms with E-state index < -0.39 is 0 Å². The highest BCUT2D eigenvalue weighted by Crippen LogP contribution is 2.17. The zero-order chi connectivity index (χ0) is 7.49. The Morgan fingerprint density at radius 3 is 2.00 bits per heavy atom. The molecular weight excluding hydrogens is 110 g/mol. The fourth-order valence-electron chi connectivity index (χ4n) is 0.659. The molecule has 0 aliphatic carbocycles. The predicted molar refractivity (Wildman–Crippen MR) is 39.8 cm³/mol. The average molecular weight is 123 g/mol. The van der Waals surface area contributed by atoms with Crippen LogP contribution < -0.4 is 0 Å². The van der Waals surface area contributed by atoms with Crippen molar-refractivity contribution in [3.05, 3.63) is 23.2 Å². The van der Waals surface area contributed by atoms with E-state index in [9.17, 15) is 0 Å². The first kappa shape index (κ1) is 8.23. The Bertz CT molecular complexity index is 152. The van der Waals surface area contributed by atoms with Gasteiger partial charge in [-0.15, -0.1) is 0 Å². The lowest BCUT2D eigenvalue weighted by molar-refractivity contribution is 0.541. The van der Waals surface area contributed by atoms with Gasteiger partial charge in [-0.1, -0.05) is 26.8 Å². The van der Waals surface area contributed by atoms with E-state index in [0.29, 0.717) is 0 Å². The highest BCUT2D eigenvalue weighted by atomic mass is 14.6. The van der Waals surface area contributed by atoms with E-state index in [-0.39, 0.29) is 5.41 Å². The summed E-state index contributed by atoms with van der Waals surface area (Å²) in [6.45, 7) is 14.7. The van der Waals surface area contributed by atoms with Crippen LogP contribution in [0.25, 0.3) is 4.85 Å². The third-order valence-corrected chi connectivity index (χ3v) is 0.818. The van der Waals surface area contributed by atoms with Gasteiger partial charge in [0.1, 0.15) is 0 Å². The maximum Gasteiger partial charge on any atom is 0.159 e. The van der Waals surface area contributed by atoms with Crippen molar-refractivity contribution in [2.75, 3.05) is 0 Å². The Kier molecular flexibility index (Phi) is 2.45. The molecule has 0 N–H and O–H groups in total. The monoisotopic (exact) mass is 123 g/mol. The van der Waals surface area contributed by atoms with Gasteiger partial charge in [-0.25, -0.2) is 4.85 Å². The summed E-state index contributed by atoms with van der Waals surface area (Å²) in [6.07, 6.45) is 1.97. The van der Waals surface area contributed by atoms with Crippen LogP contribution in [0, 0.1) is 12.0 Å². The third-order valence-electron chi connectivity index (χ3n) is 0.818.